The van der Waals surface area contributed by atoms with E-state index < -0.39 is 12.1 Å². The highest BCUT2D eigenvalue weighted by molar-refractivity contribution is 6.30. The SMILES string of the molecule is O=C(CCCc1cccc(Cl)c1)NC12CC(CC(=O)c3cnc(C(F)F)cn3)(C1)C2. The van der Waals surface area contributed by atoms with E-state index in [0.29, 0.717) is 17.9 Å². The molecule has 1 aromatic heterocycles. The van der Waals surface area contributed by atoms with E-state index in [0.717, 1.165) is 50.1 Å². The molecule has 3 aliphatic rings. The number of aryl methyl sites for hydroxylation is 1. The van der Waals surface area contributed by atoms with Gasteiger partial charge in [-0.2, -0.15) is 0 Å². The molecule has 0 saturated heterocycles. The first-order valence-corrected chi connectivity index (χ1v) is 10.3. The van der Waals surface area contributed by atoms with Crippen molar-refractivity contribution < 1.29 is 18.4 Å². The molecule has 5 rings (SSSR count). The molecule has 0 atom stereocenters. The van der Waals surface area contributed by atoms with E-state index in [-0.39, 0.29) is 28.3 Å². The van der Waals surface area contributed by atoms with Gasteiger partial charge in [-0.25, -0.2) is 13.8 Å². The summed E-state index contributed by atoms with van der Waals surface area (Å²) in [6.07, 6.45) is 3.99. The number of benzene rings is 1. The van der Waals surface area contributed by atoms with Crippen molar-refractivity contribution in [1.29, 1.82) is 0 Å². The smallest absolute Gasteiger partial charge is 0.281 e. The quantitative estimate of drug-likeness (QED) is 0.582. The zero-order valence-corrected chi connectivity index (χ0v) is 17.1. The Hall–Kier alpha value is -2.41. The second-order valence-electron chi connectivity index (χ2n) is 8.57. The van der Waals surface area contributed by atoms with Crippen molar-refractivity contribution in [3.63, 3.8) is 0 Å². The fourth-order valence-electron chi connectivity index (χ4n) is 4.85. The number of hydrogen-bond acceptors (Lipinski definition) is 4. The number of ketones is 1. The Balaban J connectivity index is 1.20. The maximum Gasteiger partial charge on any atom is 0.281 e. The van der Waals surface area contributed by atoms with Gasteiger partial charge in [-0.1, -0.05) is 23.7 Å². The zero-order valence-electron chi connectivity index (χ0n) is 16.3. The number of halogens is 3. The Morgan fingerprint density at radius 3 is 2.57 bits per heavy atom. The monoisotopic (exact) mass is 433 g/mol. The molecule has 0 radical (unpaired) electrons. The van der Waals surface area contributed by atoms with Gasteiger partial charge in [-0.05, 0) is 55.2 Å². The normalized spacial score (nSPS) is 24.1. The first-order chi connectivity index (χ1) is 14.3. The Labute approximate surface area is 178 Å². The van der Waals surface area contributed by atoms with Crippen LogP contribution in [0.1, 0.15) is 66.7 Å². The van der Waals surface area contributed by atoms with E-state index >= 15 is 0 Å². The van der Waals surface area contributed by atoms with E-state index in [2.05, 4.69) is 15.3 Å². The molecule has 2 aromatic rings. The van der Waals surface area contributed by atoms with Crippen LogP contribution in [0.3, 0.4) is 0 Å². The predicted molar refractivity (Wildman–Crippen MR) is 107 cm³/mol. The topological polar surface area (TPSA) is 72.0 Å². The highest BCUT2D eigenvalue weighted by Crippen LogP contribution is 2.69. The molecule has 5 nitrogen and oxygen atoms in total. The van der Waals surface area contributed by atoms with E-state index in [1.54, 1.807) is 0 Å². The minimum Gasteiger partial charge on any atom is -0.351 e. The molecule has 1 heterocycles. The summed E-state index contributed by atoms with van der Waals surface area (Å²) in [6, 6.07) is 7.63. The van der Waals surface area contributed by atoms with Crippen LogP contribution in [0.4, 0.5) is 8.78 Å². The maximum atomic E-state index is 12.5. The third-order valence-electron chi connectivity index (χ3n) is 6.02. The molecular weight excluding hydrogens is 412 g/mol. The number of Topliss-reactive ketones (excluding diaryl/α,β-unsaturated/α-hetero) is 1. The molecule has 1 aromatic carbocycles. The molecule has 0 unspecified atom stereocenters. The number of nitrogens with zero attached hydrogens (tertiary/aromatic N) is 2. The second-order valence-corrected chi connectivity index (χ2v) is 9.01. The predicted octanol–water partition coefficient (Wildman–Crippen LogP) is 4.70. The summed E-state index contributed by atoms with van der Waals surface area (Å²) >= 11 is 5.97. The number of rotatable bonds is 9. The van der Waals surface area contributed by atoms with Crippen LogP contribution in [0.15, 0.2) is 36.7 Å². The number of nitrogens with one attached hydrogen (secondary N) is 1. The lowest BCUT2D eigenvalue weighted by Gasteiger charge is -2.70. The van der Waals surface area contributed by atoms with Gasteiger partial charge >= 0.3 is 0 Å². The summed E-state index contributed by atoms with van der Waals surface area (Å²) in [4.78, 5) is 32.1. The second kappa shape index (κ2) is 8.02. The molecule has 0 spiro atoms. The summed E-state index contributed by atoms with van der Waals surface area (Å²) in [6.45, 7) is 0. The number of hydrogen-bond donors (Lipinski definition) is 1. The molecule has 3 saturated carbocycles. The van der Waals surface area contributed by atoms with Crippen LogP contribution in [0, 0.1) is 5.41 Å². The third-order valence-corrected chi connectivity index (χ3v) is 6.25. The Kier molecular flexibility index (Phi) is 5.57. The summed E-state index contributed by atoms with van der Waals surface area (Å²) < 4.78 is 25.1. The third kappa shape index (κ3) is 4.36. The number of aromatic nitrogens is 2. The van der Waals surface area contributed by atoms with Crippen molar-refractivity contribution in [3.05, 3.63) is 58.6 Å². The Bertz CT molecular complexity index is 945. The lowest BCUT2D eigenvalue weighted by Crippen LogP contribution is -2.74. The van der Waals surface area contributed by atoms with Crippen molar-refractivity contribution in [2.45, 2.75) is 56.9 Å². The van der Waals surface area contributed by atoms with E-state index in [1.165, 1.54) is 0 Å². The first-order valence-electron chi connectivity index (χ1n) is 9.97. The van der Waals surface area contributed by atoms with Crippen LogP contribution < -0.4 is 5.32 Å². The first kappa shape index (κ1) is 20.8. The van der Waals surface area contributed by atoms with Gasteiger partial charge in [0.25, 0.3) is 6.43 Å². The van der Waals surface area contributed by atoms with Gasteiger partial charge in [0.05, 0.1) is 12.4 Å². The van der Waals surface area contributed by atoms with Crippen LogP contribution in [0.2, 0.25) is 5.02 Å². The molecule has 30 heavy (non-hydrogen) atoms. The molecule has 1 amide bonds. The average molecular weight is 434 g/mol. The van der Waals surface area contributed by atoms with Gasteiger partial charge in [-0.15, -0.1) is 0 Å². The van der Waals surface area contributed by atoms with Crippen LogP contribution in [-0.2, 0) is 11.2 Å². The molecule has 2 bridgehead atoms. The van der Waals surface area contributed by atoms with Crippen molar-refractivity contribution in [3.8, 4) is 0 Å². The van der Waals surface area contributed by atoms with Gasteiger partial charge < -0.3 is 5.32 Å². The van der Waals surface area contributed by atoms with Gasteiger partial charge in [0.1, 0.15) is 11.4 Å². The molecular formula is C22H22ClF2N3O2. The Morgan fingerprint density at radius 2 is 1.93 bits per heavy atom. The molecule has 1 N–H and O–H groups in total. The van der Waals surface area contributed by atoms with E-state index in [1.807, 2.05) is 24.3 Å². The summed E-state index contributed by atoms with van der Waals surface area (Å²) in [5.41, 5.74) is 0.507. The minimum absolute atomic E-state index is 0.0325. The van der Waals surface area contributed by atoms with Gasteiger partial charge in [0, 0.05) is 23.4 Å². The lowest BCUT2D eigenvalue weighted by molar-refractivity contribution is -0.163. The van der Waals surface area contributed by atoms with E-state index in [4.69, 9.17) is 11.6 Å². The molecule has 3 aliphatic carbocycles. The summed E-state index contributed by atoms with van der Waals surface area (Å²) in [5.74, 6) is -0.158. The van der Waals surface area contributed by atoms with Crippen LogP contribution in [0.25, 0.3) is 0 Å². The highest BCUT2D eigenvalue weighted by atomic mass is 35.5. The largest absolute Gasteiger partial charge is 0.351 e. The zero-order chi connectivity index (χ0) is 21.4. The molecule has 158 valence electrons. The lowest BCUT2D eigenvalue weighted by atomic mass is 9.38. The summed E-state index contributed by atoms with van der Waals surface area (Å²) in [7, 11) is 0. The molecule has 3 fully saturated rings. The van der Waals surface area contributed by atoms with Crippen LogP contribution in [-0.4, -0.2) is 27.2 Å². The van der Waals surface area contributed by atoms with Gasteiger partial charge in [0.15, 0.2) is 5.78 Å². The summed E-state index contributed by atoms with van der Waals surface area (Å²) in [5, 5.41) is 3.82. The maximum absolute atomic E-state index is 12.5. The fourth-order valence-corrected chi connectivity index (χ4v) is 5.06. The van der Waals surface area contributed by atoms with Crippen molar-refractivity contribution in [1.82, 2.24) is 15.3 Å². The number of carbonyl (C=O) groups is 2. The Morgan fingerprint density at radius 1 is 1.17 bits per heavy atom. The fraction of sp³-hybridized carbons (Fsp3) is 0.455. The van der Waals surface area contributed by atoms with Gasteiger partial charge in [0.2, 0.25) is 5.91 Å². The number of amides is 1. The van der Waals surface area contributed by atoms with Crippen LogP contribution in [0.5, 0.6) is 0 Å². The molecule has 0 aliphatic heterocycles. The van der Waals surface area contributed by atoms with Crippen molar-refractivity contribution >= 4 is 23.3 Å². The van der Waals surface area contributed by atoms with Crippen LogP contribution >= 0.6 is 11.6 Å². The van der Waals surface area contributed by atoms with Crippen molar-refractivity contribution in [2.75, 3.05) is 0 Å². The standard InChI is InChI=1S/C22H22ClF2N3O2/c23-15-5-1-3-14(7-15)4-2-6-19(30)28-22-11-21(12-22,13-22)8-18(29)16-9-27-17(10-26-16)20(24)25/h1,3,5,7,9-10,20H,2,4,6,8,11-13H2,(H,28,30). The average Bonchev–Trinajstić information content (AvgIpc) is 2.65. The molecule has 8 heteroatoms. The van der Waals surface area contributed by atoms with Gasteiger partial charge in [-0.3, -0.25) is 14.6 Å². The van der Waals surface area contributed by atoms with E-state index in [9.17, 15) is 18.4 Å². The van der Waals surface area contributed by atoms with Crippen molar-refractivity contribution in [2.24, 2.45) is 5.41 Å². The minimum atomic E-state index is -2.70. The highest BCUT2D eigenvalue weighted by Gasteiger charge is 2.68. The number of alkyl halides is 2. The number of carbonyl (C=O) groups excluding carboxylic acids is 2.